The number of unbranched alkanes of at least 4 members (excludes halogenated alkanes) is 1. The van der Waals surface area contributed by atoms with E-state index in [0.717, 1.165) is 23.4 Å². The molecule has 0 aliphatic rings. The average Bonchev–Trinajstić information content (AvgIpc) is 3.03. The zero-order valence-electron chi connectivity index (χ0n) is 16.2. The van der Waals surface area contributed by atoms with Crippen LogP contribution in [0, 0.1) is 13.8 Å². The van der Waals surface area contributed by atoms with Gasteiger partial charge in [0.1, 0.15) is 4.83 Å². The first-order valence-electron chi connectivity index (χ1n) is 9.64. The summed E-state index contributed by atoms with van der Waals surface area (Å²) < 4.78 is 1.25. The van der Waals surface area contributed by atoms with Crippen molar-refractivity contribution < 1.29 is 9.90 Å². The Morgan fingerprint density at radius 1 is 1.04 bits per heavy atom. The normalized spacial score (nSPS) is 11.4. The lowest BCUT2D eigenvalue weighted by molar-refractivity contribution is -0.137. The highest BCUT2D eigenvalue weighted by molar-refractivity contribution is 7.25. The van der Waals surface area contributed by atoms with E-state index in [1.165, 1.54) is 37.7 Å². The summed E-state index contributed by atoms with van der Waals surface area (Å²) in [6.07, 6.45) is 2.59. The van der Waals surface area contributed by atoms with E-state index in [1.54, 1.807) is 11.3 Å². The second kappa shape index (κ2) is 7.72. The van der Waals surface area contributed by atoms with Gasteiger partial charge in [0.05, 0.1) is 0 Å². The highest BCUT2D eigenvalue weighted by atomic mass is 32.1. The molecule has 0 saturated heterocycles. The Morgan fingerprint density at radius 3 is 2.54 bits per heavy atom. The SMILES string of the molecule is Cc1ccc(-c2c(CCCCC(=O)O)c(C)nc3sc4ccccc4c23)cc1. The highest BCUT2D eigenvalue weighted by Gasteiger charge is 2.18. The fraction of sp³-hybridized carbons (Fsp3) is 0.250. The summed E-state index contributed by atoms with van der Waals surface area (Å²) in [7, 11) is 0. The molecule has 0 aliphatic heterocycles. The summed E-state index contributed by atoms with van der Waals surface area (Å²) in [6, 6.07) is 17.2. The number of fused-ring (bicyclic) bond motifs is 3. The number of pyridine rings is 1. The molecule has 28 heavy (non-hydrogen) atoms. The van der Waals surface area contributed by atoms with Gasteiger partial charge in [0.25, 0.3) is 0 Å². The Hall–Kier alpha value is -2.72. The van der Waals surface area contributed by atoms with Crippen molar-refractivity contribution in [3.8, 4) is 11.1 Å². The molecule has 0 aliphatic carbocycles. The first kappa shape index (κ1) is 18.6. The van der Waals surface area contributed by atoms with E-state index in [2.05, 4.69) is 62.4 Å². The minimum absolute atomic E-state index is 0.218. The molecule has 0 amide bonds. The maximum absolute atomic E-state index is 10.9. The lowest BCUT2D eigenvalue weighted by Gasteiger charge is -2.15. The molecule has 0 spiro atoms. The van der Waals surface area contributed by atoms with Crippen LogP contribution in [-0.2, 0) is 11.2 Å². The van der Waals surface area contributed by atoms with Gasteiger partial charge in [0.2, 0.25) is 0 Å². The fourth-order valence-corrected chi connectivity index (χ4v) is 4.96. The molecule has 4 heteroatoms. The number of carboxylic acid groups (broad SMARTS) is 1. The van der Waals surface area contributed by atoms with Gasteiger partial charge in [-0.3, -0.25) is 4.79 Å². The van der Waals surface area contributed by atoms with Crippen molar-refractivity contribution in [2.45, 2.75) is 39.5 Å². The second-order valence-electron chi connectivity index (χ2n) is 7.30. The summed E-state index contributed by atoms with van der Waals surface area (Å²) in [6.45, 7) is 4.18. The summed E-state index contributed by atoms with van der Waals surface area (Å²) in [4.78, 5) is 16.9. The number of hydrogen-bond donors (Lipinski definition) is 1. The van der Waals surface area contributed by atoms with Crippen LogP contribution in [0.4, 0.5) is 0 Å². The van der Waals surface area contributed by atoms with E-state index in [4.69, 9.17) is 10.1 Å². The van der Waals surface area contributed by atoms with Crippen LogP contribution in [0.25, 0.3) is 31.4 Å². The Morgan fingerprint density at radius 2 is 1.79 bits per heavy atom. The van der Waals surface area contributed by atoms with Crippen molar-refractivity contribution >= 4 is 37.6 Å². The number of benzene rings is 2. The summed E-state index contributed by atoms with van der Waals surface area (Å²) >= 11 is 1.74. The third-order valence-electron chi connectivity index (χ3n) is 5.24. The van der Waals surface area contributed by atoms with Gasteiger partial charge >= 0.3 is 5.97 Å². The van der Waals surface area contributed by atoms with Crippen LogP contribution in [0.3, 0.4) is 0 Å². The Labute approximate surface area is 168 Å². The van der Waals surface area contributed by atoms with E-state index in [1.807, 2.05) is 0 Å². The molecule has 2 aromatic carbocycles. The molecule has 4 aromatic rings. The van der Waals surface area contributed by atoms with Crippen LogP contribution >= 0.6 is 11.3 Å². The van der Waals surface area contributed by atoms with Gasteiger partial charge in [-0.15, -0.1) is 11.3 Å². The summed E-state index contributed by atoms with van der Waals surface area (Å²) in [5.41, 5.74) is 5.99. The van der Waals surface area contributed by atoms with E-state index in [0.29, 0.717) is 6.42 Å². The molecule has 3 nitrogen and oxygen atoms in total. The van der Waals surface area contributed by atoms with E-state index in [-0.39, 0.29) is 6.42 Å². The topological polar surface area (TPSA) is 50.2 Å². The number of thiophene rings is 1. The largest absolute Gasteiger partial charge is 0.481 e. The van der Waals surface area contributed by atoms with Crippen LogP contribution < -0.4 is 0 Å². The molecule has 142 valence electrons. The van der Waals surface area contributed by atoms with Crippen molar-refractivity contribution in [3.63, 3.8) is 0 Å². The molecule has 0 fully saturated rings. The number of rotatable bonds is 6. The second-order valence-corrected chi connectivity index (χ2v) is 8.33. The number of nitrogens with zero attached hydrogens (tertiary/aromatic N) is 1. The maximum Gasteiger partial charge on any atom is 0.303 e. The maximum atomic E-state index is 10.9. The van der Waals surface area contributed by atoms with E-state index < -0.39 is 5.97 Å². The monoisotopic (exact) mass is 389 g/mol. The molecule has 2 heterocycles. The van der Waals surface area contributed by atoms with Crippen LogP contribution in [0.5, 0.6) is 0 Å². The van der Waals surface area contributed by atoms with Gasteiger partial charge in [0, 0.05) is 27.6 Å². The summed E-state index contributed by atoms with van der Waals surface area (Å²) in [5, 5.41) is 11.4. The molecule has 0 unspecified atom stereocenters. The zero-order valence-corrected chi connectivity index (χ0v) is 17.0. The quantitative estimate of drug-likeness (QED) is 0.381. The Bertz CT molecular complexity index is 1160. The number of aromatic nitrogens is 1. The predicted molar refractivity (Wildman–Crippen MR) is 117 cm³/mol. The molecular weight excluding hydrogens is 366 g/mol. The van der Waals surface area contributed by atoms with Crippen LogP contribution in [0.2, 0.25) is 0 Å². The number of aliphatic carboxylic acids is 1. The van der Waals surface area contributed by atoms with Gasteiger partial charge in [-0.1, -0.05) is 48.0 Å². The van der Waals surface area contributed by atoms with Gasteiger partial charge < -0.3 is 5.11 Å². The molecule has 4 rings (SSSR count). The highest BCUT2D eigenvalue weighted by Crippen LogP contribution is 2.42. The molecule has 0 radical (unpaired) electrons. The Kier molecular flexibility index (Phi) is 5.14. The van der Waals surface area contributed by atoms with Crippen molar-refractivity contribution in [1.82, 2.24) is 4.98 Å². The minimum atomic E-state index is -0.729. The molecule has 1 N–H and O–H groups in total. The summed E-state index contributed by atoms with van der Waals surface area (Å²) in [5.74, 6) is -0.729. The molecule has 0 saturated carbocycles. The van der Waals surface area contributed by atoms with Gasteiger partial charge in [0.15, 0.2) is 0 Å². The van der Waals surface area contributed by atoms with Gasteiger partial charge in [-0.2, -0.15) is 0 Å². The van der Waals surface area contributed by atoms with Crippen molar-refractivity contribution in [2.75, 3.05) is 0 Å². The Balaban J connectivity index is 1.92. The standard InChI is InChI=1S/C24H23NO2S/c1-15-11-13-17(14-12-15)22-18(7-4-6-10-21(26)27)16(2)25-24-23(22)19-8-3-5-9-20(19)28-24/h3,5,8-9,11-14H,4,6-7,10H2,1-2H3,(H,26,27). The molecule has 0 bridgehead atoms. The third kappa shape index (κ3) is 3.52. The van der Waals surface area contributed by atoms with Crippen molar-refractivity contribution in [2.24, 2.45) is 0 Å². The zero-order chi connectivity index (χ0) is 19.7. The first-order valence-corrected chi connectivity index (χ1v) is 10.5. The number of hydrogen-bond acceptors (Lipinski definition) is 3. The van der Waals surface area contributed by atoms with Gasteiger partial charge in [-0.25, -0.2) is 4.98 Å². The van der Waals surface area contributed by atoms with Crippen LogP contribution in [0.1, 0.15) is 36.1 Å². The van der Waals surface area contributed by atoms with Crippen LogP contribution in [-0.4, -0.2) is 16.1 Å². The number of aryl methyl sites for hydroxylation is 2. The molecule has 0 atom stereocenters. The van der Waals surface area contributed by atoms with E-state index >= 15 is 0 Å². The van der Waals surface area contributed by atoms with Gasteiger partial charge in [-0.05, 0) is 55.9 Å². The van der Waals surface area contributed by atoms with E-state index in [9.17, 15) is 4.79 Å². The predicted octanol–water partition coefficient (Wildman–Crippen LogP) is 6.53. The molecular formula is C24H23NO2S. The number of carbonyl (C=O) groups is 1. The van der Waals surface area contributed by atoms with Crippen LogP contribution in [0.15, 0.2) is 48.5 Å². The smallest absolute Gasteiger partial charge is 0.303 e. The fourth-order valence-electron chi connectivity index (χ4n) is 3.83. The third-order valence-corrected chi connectivity index (χ3v) is 6.31. The first-order chi connectivity index (χ1) is 13.5. The molecule has 2 aromatic heterocycles. The lowest BCUT2D eigenvalue weighted by Crippen LogP contribution is -2.00. The average molecular weight is 390 g/mol. The lowest BCUT2D eigenvalue weighted by atomic mass is 9.91. The minimum Gasteiger partial charge on any atom is -0.481 e. The number of carboxylic acids is 1. The van der Waals surface area contributed by atoms with Crippen molar-refractivity contribution in [3.05, 3.63) is 65.4 Å². The van der Waals surface area contributed by atoms with Crippen molar-refractivity contribution in [1.29, 1.82) is 0 Å².